The molecule has 0 amide bonds. The summed E-state index contributed by atoms with van der Waals surface area (Å²) in [6.07, 6.45) is 4.62. The van der Waals surface area contributed by atoms with Crippen molar-refractivity contribution in [3.05, 3.63) is 46.3 Å². The zero-order chi connectivity index (χ0) is 13.8. The van der Waals surface area contributed by atoms with Crippen LogP contribution in [0.1, 0.15) is 6.42 Å². The molecule has 104 valence electrons. The van der Waals surface area contributed by atoms with Crippen LogP contribution in [0.25, 0.3) is 0 Å². The molecule has 0 aliphatic carbocycles. The first kappa shape index (κ1) is 13.6. The Morgan fingerprint density at radius 3 is 2.85 bits per heavy atom. The number of nitrogens with one attached hydrogen (secondary N) is 1. The topological polar surface area (TPSA) is 43.4 Å². The Morgan fingerprint density at radius 2 is 2.10 bits per heavy atom. The third kappa shape index (κ3) is 3.40. The second-order valence-corrected chi connectivity index (χ2v) is 5.85. The Hall–Kier alpha value is -1.34. The molecule has 0 bridgehead atoms. The van der Waals surface area contributed by atoms with Gasteiger partial charge in [-0.15, -0.1) is 0 Å². The van der Waals surface area contributed by atoms with Crippen LogP contribution >= 0.6 is 22.6 Å². The van der Waals surface area contributed by atoms with Crippen molar-refractivity contribution in [3.8, 4) is 5.75 Å². The van der Waals surface area contributed by atoms with E-state index in [4.69, 9.17) is 9.47 Å². The van der Waals surface area contributed by atoms with E-state index in [9.17, 15) is 0 Å². The van der Waals surface area contributed by atoms with Gasteiger partial charge in [0, 0.05) is 28.1 Å². The highest BCUT2D eigenvalue weighted by Gasteiger charge is 2.18. The number of hydrogen-bond acceptors (Lipinski definition) is 4. The largest absolute Gasteiger partial charge is 0.486 e. The number of nitrogens with zero attached hydrogens (tertiary/aromatic N) is 1. The summed E-state index contributed by atoms with van der Waals surface area (Å²) in [5.41, 5.74) is 1.96. The Labute approximate surface area is 131 Å². The van der Waals surface area contributed by atoms with Gasteiger partial charge in [0.15, 0.2) is 0 Å². The lowest BCUT2D eigenvalue weighted by atomic mass is 10.2. The Balaban J connectivity index is 1.82. The van der Waals surface area contributed by atoms with Gasteiger partial charge in [-0.3, -0.25) is 4.98 Å². The predicted molar refractivity (Wildman–Crippen MR) is 86.5 cm³/mol. The van der Waals surface area contributed by atoms with Gasteiger partial charge < -0.3 is 14.8 Å². The Bertz CT molecular complexity index is 571. The normalized spacial score (nSPS) is 17.9. The molecule has 1 saturated heterocycles. The van der Waals surface area contributed by atoms with Crippen molar-refractivity contribution < 1.29 is 9.47 Å². The van der Waals surface area contributed by atoms with Gasteiger partial charge in [0.25, 0.3) is 0 Å². The molecule has 5 heteroatoms. The van der Waals surface area contributed by atoms with E-state index in [2.05, 4.69) is 39.0 Å². The first-order chi connectivity index (χ1) is 9.81. The van der Waals surface area contributed by atoms with Crippen LogP contribution in [0.2, 0.25) is 0 Å². The van der Waals surface area contributed by atoms with E-state index in [1.165, 1.54) is 0 Å². The number of pyridine rings is 1. The minimum Gasteiger partial charge on any atom is -0.486 e. The summed E-state index contributed by atoms with van der Waals surface area (Å²) in [6.45, 7) is 1.45. The summed E-state index contributed by atoms with van der Waals surface area (Å²) in [6, 6.07) is 9.99. The van der Waals surface area contributed by atoms with E-state index < -0.39 is 0 Å². The number of aromatic nitrogens is 1. The molecule has 0 radical (unpaired) electrons. The summed E-state index contributed by atoms with van der Waals surface area (Å²) in [5, 5.41) is 3.38. The van der Waals surface area contributed by atoms with Crippen molar-refractivity contribution in [2.75, 3.05) is 18.5 Å². The molecule has 1 fully saturated rings. The summed E-state index contributed by atoms with van der Waals surface area (Å²) in [5.74, 6) is 0.859. The molecule has 1 aromatic heterocycles. The quantitative estimate of drug-likeness (QED) is 0.821. The van der Waals surface area contributed by atoms with Crippen molar-refractivity contribution in [1.29, 1.82) is 0 Å². The number of anilines is 2. The zero-order valence-electron chi connectivity index (χ0n) is 10.9. The molecule has 2 heterocycles. The van der Waals surface area contributed by atoms with Crippen LogP contribution in [0.5, 0.6) is 5.75 Å². The lowest BCUT2D eigenvalue weighted by Crippen LogP contribution is -2.16. The van der Waals surface area contributed by atoms with Crippen LogP contribution in [-0.2, 0) is 4.74 Å². The monoisotopic (exact) mass is 382 g/mol. The van der Waals surface area contributed by atoms with Gasteiger partial charge in [0.2, 0.25) is 0 Å². The average molecular weight is 382 g/mol. The second-order valence-electron chi connectivity index (χ2n) is 4.60. The summed E-state index contributed by atoms with van der Waals surface area (Å²) >= 11 is 2.30. The highest BCUT2D eigenvalue weighted by Crippen LogP contribution is 2.31. The standard InChI is InChI=1S/C15H15IN2O2/c16-11-1-2-15(20-13-5-8-19-10-13)14(9-11)18-12-3-6-17-7-4-12/h1-4,6-7,9,13H,5,8,10H2,(H,17,18). The van der Waals surface area contributed by atoms with E-state index in [0.29, 0.717) is 6.61 Å². The van der Waals surface area contributed by atoms with Crippen LogP contribution in [0.15, 0.2) is 42.7 Å². The molecule has 0 saturated carbocycles. The Morgan fingerprint density at radius 1 is 1.25 bits per heavy atom. The lowest BCUT2D eigenvalue weighted by Gasteiger charge is -2.17. The molecule has 3 rings (SSSR count). The van der Waals surface area contributed by atoms with Crippen LogP contribution in [0, 0.1) is 3.57 Å². The van der Waals surface area contributed by atoms with Crippen molar-refractivity contribution in [2.24, 2.45) is 0 Å². The Kier molecular flexibility index (Phi) is 4.37. The zero-order valence-corrected chi connectivity index (χ0v) is 13.0. The van der Waals surface area contributed by atoms with Crippen LogP contribution in [0.3, 0.4) is 0 Å². The van der Waals surface area contributed by atoms with Gasteiger partial charge in [-0.05, 0) is 52.9 Å². The van der Waals surface area contributed by atoms with E-state index in [1.54, 1.807) is 12.4 Å². The van der Waals surface area contributed by atoms with E-state index >= 15 is 0 Å². The SMILES string of the molecule is Ic1ccc(OC2CCOC2)c(Nc2ccncc2)c1. The van der Waals surface area contributed by atoms with Gasteiger partial charge in [0.05, 0.1) is 18.9 Å². The summed E-state index contributed by atoms with van der Waals surface area (Å²) < 4.78 is 12.5. The third-order valence-electron chi connectivity index (χ3n) is 3.08. The van der Waals surface area contributed by atoms with Crippen LogP contribution < -0.4 is 10.1 Å². The maximum atomic E-state index is 6.03. The molecule has 1 atom stereocenters. The molecule has 2 aromatic rings. The molecule has 1 aromatic carbocycles. The number of hydrogen-bond donors (Lipinski definition) is 1. The highest BCUT2D eigenvalue weighted by molar-refractivity contribution is 14.1. The fraction of sp³-hybridized carbons (Fsp3) is 0.267. The van der Waals surface area contributed by atoms with Gasteiger partial charge in [-0.2, -0.15) is 0 Å². The first-order valence-electron chi connectivity index (χ1n) is 6.52. The average Bonchev–Trinajstić information content (AvgIpc) is 2.96. The number of benzene rings is 1. The summed E-state index contributed by atoms with van der Waals surface area (Å²) in [4.78, 5) is 4.02. The molecular weight excluding hydrogens is 367 g/mol. The minimum absolute atomic E-state index is 0.146. The van der Waals surface area contributed by atoms with Crippen molar-refractivity contribution >= 4 is 34.0 Å². The molecule has 4 nitrogen and oxygen atoms in total. The van der Waals surface area contributed by atoms with Crippen molar-refractivity contribution in [2.45, 2.75) is 12.5 Å². The summed E-state index contributed by atoms with van der Waals surface area (Å²) in [7, 11) is 0. The van der Waals surface area contributed by atoms with Crippen LogP contribution in [0.4, 0.5) is 11.4 Å². The van der Waals surface area contributed by atoms with Gasteiger partial charge >= 0.3 is 0 Å². The maximum Gasteiger partial charge on any atom is 0.143 e. The molecule has 1 aliphatic rings. The maximum absolute atomic E-state index is 6.03. The lowest BCUT2D eigenvalue weighted by molar-refractivity contribution is 0.142. The smallest absolute Gasteiger partial charge is 0.143 e. The van der Waals surface area contributed by atoms with E-state index in [-0.39, 0.29) is 6.10 Å². The number of rotatable bonds is 4. The minimum atomic E-state index is 0.146. The second kappa shape index (κ2) is 6.41. The fourth-order valence-electron chi connectivity index (χ4n) is 2.08. The number of halogens is 1. The fourth-order valence-corrected chi connectivity index (χ4v) is 2.57. The van der Waals surface area contributed by atoms with Crippen LogP contribution in [-0.4, -0.2) is 24.3 Å². The number of ether oxygens (including phenoxy) is 2. The van der Waals surface area contributed by atoms with Crippen molar-refractivity contribution in [3.63, 3.8) is 0 Å². The van der Waals surface area contributed by atoms with Crippen molar-refractivity contribution in [1.82, 2.24) is 4.98 Å². The van der Waals surface area contributed by atoms with Gasteiger partial charge in [-0.1, -0.05) is 0 Å². The third-order valence-corrected chi connectivity index (χ3v) is 3.75. The molecule has 0 spiro atoms. The molecule has 1 aliphatic heterocycles. The molecular formula is C15H15IN2O2. The van der Waals surface area contributed by atoms with E-state index in [1.807, 2.05) is 24.3 Å². The van der Waals surface area contributed by atoms with E-state index in [0.717, 1.165) is 33.7 Å². The van der Waals surface area contributed by atoms with Gasteiger partial charge in [0.1, 0.15) is 11.9 Å². The molecule has 1 N–H and O–H groups in total. The predicted octanol–water partition coefficient (Wildman–Crippen LogP) is 3.60. The first-order valence-corrected chi connectivity index (χ1v) is 7.60. The van der Waals surface area contributed by atoms with Gasteiger partial charge in [-0.25, -0.2) is 0 Å². The molecule has 20 heavy (non-hydrogen) atoms. The molecule has 1 unspecified atom stereocenters. The highest BCUT2D eigenvalue weighted by atomic mass is 127.